The molecule has 1 unspecified atom stereocenters. The van der Waals surface area contributed by atoms with Crippen LogP contribution in [-0.2, 0) is 0 Å². The summed E-state index contributed by atoms with van der Waals surface area (Å²) in [5, 5.41) is 10.5. The van der Waals surface area contributed by atoms with Gasteiger partial charge < -0.3 is 20.1 Å². The maximum Gasteiger partial charge on any atom is 0.321 e. The van der Waals surface area contributed by atoms with Gasteiger partial charge in [0.25, 0.3) is 0 Å². The van der Waals surface area contributed by atoms with Crippen LogP contribution in [0.5, 0.6) is 11.5 Å². The van der Waals surface area contributed by atoms with Crippen molar-refractivity contribution >= 4 is 59.4 Å². The number of thiazole rings is 2. The average molecular weight is 484 g/mol. The van der Waals surface area contributed by atoms with E-state index in [0.29, 0.717) is 30.1 Å². The predicted octanol–water partition coefficient (Wildman–Crippen LogP) is 5.18. The van der Waals surface area contributed by atoms with Gasteiger partial charge in [0.1, 0.15) is 11.5 Å². The Bertz CT molecular complexity index is 1290. The molecule has 8 nitrogen and oxygen atoms in total. The van der Waals surface area contributed by atoms with Gasteiger partial charge in [-0.15, -0.1) is 0 Å². The lowest BCUT2D eigenvalue weighted by molar-refractivity contribution is 0.252. The lowest BCUT2D eigenvalue weighted by Gasteiger charge is -2.06. The van der Waals surface area contributed by atoms with Gasteiger partial charge in [0, 0.05) is 13.1 Å². The topological polar surface area (TPSA) is 97.4 Å². The van der Waals surface area contributed by atoms with Gasteiger partial charge in [-0.25, -0.2) is 14.8 Å². The minimum atomic E-state index is -0.244. The summed E-state index contributed by atoms with van der Waals surface area (Å²) in [5.41, 5.74) is 1.84. The zero-order chi connectivity index (χ0) is 22.8. The van der Waals surface area contributed by atoms with E-state index in [4.69, 9.17) is 9.47 Å². The van der Waals surface area contributed by atoms with Crippen LogP contribution >= 0.6 is 22.7 Å². The van der Waals surface area contributed by atoms with Gasteiger partial charge in [0.15, 0.2) is 10.3 Å². The third-order valence-electron chi connectivity index (χ3n) is 5.56. The molecule has 1 aliphatic rings. The van der Waals surface area contributed by atoms with E-state index in [0.717, 1.165) is 50.0 Å². The minimum Gasteiger partial charge on any atom is -0.497 e. The van der Waals surface area contributed by atoms with Gasteiger partial charge in [-0.3, -0.25) is 5.32 Å². The summed E-state index contributed by atoms with van der Waals surface area (Å²) < 4.78 is 13.4. The summed E-state index contributed by atoms with van der Waals surface area (Å²) >= 11 is 3.09. The minimum absolute atomic E-state index is 0.244. The van der Waals surface area contributed by atoms with Crippen LogP contribution in [0.1, 0.15) is 13.3 Å². The third-order valence-corrected chi connectivity index (χ3v) is 7.47. The summed E-state index contributed by atoms with van der Waals surface area (Å²) in [6, 6.07) is 11.5. The van der Waals surface area contributed by atoms with Crippen LogP contribution in [0.4, 0.5) is 15.1 Å². The normalized spacial score (nSPS) is 17.2. The number of amides is 2. The summed E-state index contributed by atoms with van der Waals surface area (Å²) in [7, 11) is 1.68. The molecular weight excluding hydrogens is 458 g/mol. The van der Waals surface area contributed by atoms with Crippen molar-refractivity contribution in [3.8, 4) is 11.5 Å². The molecule has 0 radical (unpaired) electrons. The smallest absolute Gasteiger partial charge is 0.321 e. The van der Waals surface area contributed by atoms with Gasteiger partial charge in [0.2, 0.25) is 0 Å². The van der Waals surface area contributed by atoms with Gasteiger partial charge >= 0.3 is 6.03 Å². The van der Waals surface area contributed by atoms with Crippen LogP contribution in [-0.4, -0.2) is 42.8 Å². The Morgan fingerprint density at radius 2 is 1.73 bits per heavy atom. The van der Waals surface area contributed by atoms with Gasteiger partial charge in [0.05, 0.1) is 34.1 Å². The number of nitrogens with one attached hydrogen (secondary N) is 3. The molecule has 33 heavy (non-hydrogen) atoms. The number of hydrogen-bond acceptors (Lipinski definition) is 8. The highest BCUT2D eigenvalue weighted by molar-refractivity contribution is 7.22. The number of aromatic nitrogens is 2. The van der Waals surface area contributed by atoms with Gasteiger partial charge in [-0.1, -0.05) is 22.7 Å². The number of benzene rings is 2. The van der Waals surface area contributed by atoms with E-state index in [1.807, 2.05) is 43.3 Å². The van der Waals surface area contributed by atoms with Crippen molar-refractivity contribution in [1.29, 1.82) is 0 Å². The first-order valence-corrected chi connectivity index (χ1v) is 12.5. The Labute approximate surface area is 199 Å². The summed E-state index contributed by atoms with van der Waals surface area (Å²) in [5.74, 6) is 2.81. The molecule has 0 spiro atoms. The number of rotatable bonds is 9. The van der Waals surface area contributed by atoms with E-state index >= 15 is 0 Å². The number of methoxy groups -OCH3 is 1. The average Bonchev–Trinajstić information content (AvgIpc) is 3.24. The zero-order valence-electron chi connectivity index (χ0n) is 18.4. The lowest BCUT2D eigenvalue weighted by Crippen LogP contribution is -2.28. The number of anilines is 2. The second-order valence-electron chi connectivity index (χ2n) is 7.93. The SMILES string of the molecule is CCNC(=O)Nc1nc2ccc(OC[C@H]3CC3CNc3nc4ccc(OC)cc4s3)cc2s1. The standard InChI is InChI=1S/C23H25N5O3S2/c1-3-24-21(29)28-23-27-18-7-5-16(10-20(18)33-23)31-12-14-8-13(14)11-25-22-26-17-6-4-15(30-2)9-19(17)32-22/h4-7,9-10,13-14H,3,8,11-12H2,1-2H3,(H,25,26)(H2,24,27,28,29)/t13?,14-/m1/s1. The first-order valence-electron chi connectivity index (χ1n) is 10.9. The number of carbonyl (C=O) groups is 1. The molecule has 1 fully saturated rings. The van der Waals surface area contributed by atoms with Crippen molar-refractivity contribution in [2.45, 2.75) is 13.3 Å². The van der Waals surface area contributed by atoms with Crippen molar-refractivity contribution in [2.75, 3.05) is 37.4 Å². The molecule has 0 aliphatic heterocycles. The van der Waals surface area contributed by atoms with Crippen LogP contribution in [0.2, 0.25) is 0 Å². The molecule has 2 heterocycles. The molecule has 1 saturated carbocycles. The molecule has 5 rings (SSSR count). The molecule has 2 aromatic carbocycles. The van der Waals surface area contributed by atoms with Crippen LogP contribution in [0.25, 0.3) is 20.4 Å². The second-order valence-corrected chi connectivity index (χ2v) is 9.99. The Kier molecular flexibility index (Phi) is 6.19. The fourth-order valence-electron chi connectivity index (χ4n) is 3.64. The number of urea groups is 1. The summed E-state index contributed by atoms with van der Waals surface area (Å²) in [4.78, 5) is 20.8. The Morgan fingerprint density at radius 1 is 1.03 bits per heavy atom. The molecule has 1 aliphatic carbocycles. The quantitative estimate of drug-likeness (QED) is 0.303. The van der Waals surface area contributed by atoms with E-state index < -0.39 is 0 Å². The molecule has 3 N–H and O–H groups in total. The Morgan fingerprint density at radius 3 is 2.48 bits per heavy atom. The van der Waals surface area contributed by atoms with Crippen LogP contribution in [0, 0.1) is 11.8 Å². The number of fused-ring (bicyclic) bond motifs is 2. The first-order chi connectivity index (χ1) is 16.1. The van der Waals surface area contributed by atoms with Crippen LogP contribution in [0.15, 0.2) is 36.4 Å². The van der Waals surface area contributed by atoms with Crippen molar-refractivity contribution in [3.05, 3.63) is 36.4 Å². The number of carbonyl (C=O) groups excluding carboxylic acids is 1. The van der Waals surface area contributed by atoms with Crippen molar-refractivity contribution < 1.29 is 14.3 Å². The fraction of sp³-hybridized carbons (Fsp3) is 0.348. The Hall–Kier alpha value is -3.11. The molecule has 10 heteroatoms. The number of ether oxygens (including phenoxy) is 2. The maximum absolute atomic E-state index is 11.7. The summed E-state index contributed by atoms with van der Waals surface area (Å²) in [6.45, 7) is 4.04. The van der Waals surface area contributed by atoms with E-state index in [9.17, 15) is 4.79 Å². The molecule has 2 atom stereocenters. The van der Waals surface area contributed by atoms with E-state index in [1.165, 1.54) is 11.3 Å². The first kappa shape index (κ1) is 21.7. The molecular formula is C23H25N5O3S2. The van der Waals surface area contributed by atoms with Crippen molar-refractivity contribution in [1.82, 2.24) is 15.3 Å². The number of hydrogen-bond donors (Lipinski definition) is 3. The predicted molar refractivity (Wildman–Crippen MR) is 134 cm³/mol. The number of nitrogens with zero attached hydrogens (tertiary/aromatic N) is 2. The second kappa shape index (κ2) is 9.40. The third kappa shape index (κ3) is 5.12. The van der Waals surface area contributed by atoms with Gasteiger partial charge in [-0.2, -0.15) is 0 Å². The Balaban J connectivity index is 1.11. The fourth-order valence-corrected chi connectivity index (χ4v) is 5.43. The zero-order valence-corrected chi connectivity index (χ0v) is 20.0. The molecule has 0 bridgehead atoms. The monoisotopic (exact) mass is 483 g/mol. The van der Waals surface area contributed by atoms with E-state index in [1.54, 1.807) is 18.4 Å². The van der Waals surface area contributed by atoms with Gasteiger partial charge in [-0.05, 0) is 61.6 Å². The largest absolute Gasteiger partial charge is 0.497 e. The van der Waals surface area contributed by atoms with Crippen LogP contribution in [0.3, 0.4) is 0 Å². The molecule has 2 amide bonds. The lowest BCUT2D eigenvalue weighted by atomic mass is 10.3. The van der Waals surface area contributed by atoms with Crippen molar-refractivity contribution in [3.63, 3.8) is 0 Å². The van der Waals surface area contributed by atoms with Crippen molar-refractivity contribution in [2.24, 2.45) is 11.8 Å². The summed E-state index contributed by atoms with van der Waals surface area (Å²) in [6.07, 6.45) is 1.15. The molecule has 172 valence electrons. The highest BCUT2D eigenvalue weighted by atomic mass is 32.1. The highest BCUT2D eigenvalue weighted by Crippen LogP contribution is 2.40. The molecule has 4 aromatic rings. The maximum atomic E-state index is 11.7. The molecule has 0 saturated heterocycles. The van der Waals surface area contributed by atoms with E-state index in [2.05, 4.69) is 25.9 Å². The van der Waals surface area contributed by atoms with Crippen LogP contribution < -0.4 is 25.4 Å². The van der Waals surface area contributed by atoms with E-state index in [-0.39, 0.29) is 6.03 Å². The highest BCUT2D eigenvalue weighted by Gasteiger charge is 2.37. The molecule has 2 aromatic heterocycles.